The summed E-state index contributed by atoms with van der Waals surface area (Å²) in [6.07, 6.45) is 2.21. The summed E-state index contributed by atoms with van der Waals surface area (Å²) in [6, 6.07) is 28.2. The van der Waals surface area contributed by atoms with Gasteiger partial charge in [0, 0.05) is 12.8 Å². The topological polar surface area (TPSA) is 13.7 Å². The van der Waals surface area contributed by atoms with E-state index >= 15 is 0 Å². The van der Waals surface area contributed by atoms with Gasteiger partial charge in [0.15, 0.2) is 5.60 Å². The van der Waals surface area contributed by atoms with Crippen molar-refractivity contribution in [1.82, 2.24) is 0 Å². The Kier molecular flexibility index (Phi) is 4.11. The fraction of sp³-hybridized carbons (Fsp3) is 0.217. The van der Waals surface area contributed by atoms with Crippen molar-refractivity contribution in [3.8, 4) is 0 Å². The SMILES string of the molecule is Fc1ccccc1B1OC(c2ccccc2)(c2ccccc2)[C@@H]2CCC[NH+]12. The molecule has 0 radical (unpaired) electrons. The third kappa shape index (κ3) is 2.55. The number of benzene rings is 3. The first kappa shape index (κ1) is 16.7. The Hall–Kier alpha value is -2.43. The molecule has 2 nitrogen and oxygen atoms in total. The lowest BCUT2D eigenvalue weighted by molar-refractivity contribution is -0.799. The molecule has 27 heavy (non-hydrogen) atoms. The summed E-state index contributed by atoms with van der Waals surface area (Å²) in [5.41, 5.74) is 2.41. The average molecular weight is 358 g/mol. The smallest absolute Gasteiger partial charge is 0.368 e. The average Bonchev–Trinajstić information content (AvgIpc) is 3.32. The Morgan fingerprint density at radius 3 is 2.07 bits per heavy atom. The molecule has 2 aliphatic heterocycles. The monoisotopic (exact) mass is 358 g/mol. The Bertz CT molecular complexity index is 894. The Morgan fingerprint density at radius 2 is 1.44 bits per heavy atom. The number of nitrogens with one attached hydrogen (secondary N) is 1. The first-order valence-electron chi connectivity index (χ1n) is 9.69. The van der Waals surface area contributed by atoms with Crippen LogP contribution in [0.2, 0.25) is 0 Å². The van der Waals surface area contributed by atoms with Crippen LogP contribution in [0.4, 0.5) is 4.39 Å². The lowest BCUT2D eigenvalue weighted by Gasteiger charge is -2.33. The quantitative estimate of drug-likeness (QED) is 0.711. The molecule has 1 unspecified atom stereocenters. The van der Waals surface area contributed by atoms with Crippen molar-refractivity contribution < 1.29 is 13.9 Å². The minimum absolute atomic E-state index is 0.183. The number of rotatable bonds is 3. The standard InChI is InChI=1S/C23H21BFNO/c25-21-15-8-7-14-20(21)24-26-17-9-16-22(26)23(27-24,18-10-3-1-4-11-18)19-12-5-2-6-13-19/h1-8,10-15,22H,9,16-17H2/p+1/t22-/m0/s1. The van der Waals surface area contributed by atoms with Crippen LogP contribution in [0.1, 0.15) is 24.0 Å². The minimum atomic E-state index is -0.554. The van der Waals surface area contributed by atoms with Gasteiger partial charge in [-0.25, -0.2) is 4.39 Å². The highest BCUT2D eigenvalue weighted by Crippen LogP contribution is 2.41. The van der Waals surface area contributed by atoms with E-state index < -0.39 is 5.60 Å². The Balaban J connectivity index is 1.71. The van der Waals surface area contributed by atoms with Gasteiger partial charge in [-0.2, -0.15) is 0 Å². The molecule has 2 atom stereocenters. The van der Waals surface area contributed by atoms with E-state index in [0.717, 1.165) is 30.5 Å². The number of fused-ring (bicyclic) bond motifs is 1. The number of quaternary nitrogens is 1. The molecule has 1 N–H and O–H groups in total. The van der Waals surface area contributed by atoms with Gasteiger partial charge in [0.2, 0.25) is 0 Å². The van der Waals surface area contributed by atoms with Gasteiger partial charge in [0.1, 0.15) is 11.9 Å². The molecule has 0 amide bonds. The van der Waals surface area contributed by atoms with E-state index in [-0.39, 0.29) is 18.9 Å². The first-order valence-corrected chi connectivity index (χ1v) is 9.69. The van der Waals surface area contributed by atoms with Gasteiger partial charge < -0.3 is 9.47 Å². The molecule has 2 fully saturated rings. The molecule has 4 heteroatoms. The highest BCUT2D eigenvalue weighted by Gasteiger charge is 2.64. The maximum absolute atomic E-state index is 14.7. The summed E-state index contributed by atoms with van der Waals surface area (Å²) in [5, 5.41) is 0. The maximum atomic E-state index is 14.7. The number of hydrogen-bond acceptors (Lipinski definition) is 1. The summed E-state index contributed by atoms with van der Waals surface area (Å²) in [4.78, 5) is 1.34. The molecular formula is C23H22BFNO+. The van der Waals surface area contributed by atoms with Crippen molar-refractivity contribution in [3.63, 3.8) is 0 Å². The summed E-state index contributed by atoms with van der Waals surface area (Å²) in [6.45, 7) is 1.01. The normalized spacial score (nSPS) is 23.4. The van der Waals surface area contributed by atoms with Crippen LogP contribution in [0.3, 0.4) is 0 Å². The molecule has 134 valence electrons. The Morgan fingerprint density at radius 1 is 0.852 bits per heavy atom. The van der Waals surface area contributed by atoms with Crippen molar-refractivity contribution >= 4 is 12.5 Å². The van der Waals surface area contributed by atoms with Gasteiger partial charge in [-0.05, 0) is 17.2 Å². The predicted molar refractivity (Wildman–Crippen MR) is 105 cm³/mol. The fourth-order valence-corrected chi connectivity index (χ4v) is 5.02. The molecule has 0 saturated carbocycles. The Labute approximate surface area is 159 Å². The van der Waals surface area contributed by atoms with Crippen LogP contribution < -0.4 is 10.3 Å². The zero-order chi connectivity index (χ0) is 18.3. The van der Waals surface area contributed by atoms with Crippen LogP contribution in [0, 0.1) is 5.82 Å². The molecule has 2 aliphatic rings. The van der Waals surface area contributed by atoms with E-state index in [1.807, 2.05) is 24.3 Å². The lowest BCUT2D eigenvalue weighted by Crippen LogP contribution is -3.19. The molecule has 0 aromatic heterocycles. The van der Waals surface area contributed by atoms with Crippen molar-refractivity contribution in [2.24, 2.45) is 0 Å². The van der Waals surface area contributed by atoms with E-state index in [0.29, 0.717) is 5.46 Å². The largest absolute Gasteiger partial charge is 0.613 e. The molecular weight excluding hydrogens is 336 g/mol. The fourth-order valence-electron chi connectivity index (χ4n) is 5.02. The molecule has 0 bridgehead atoms. The third-order valence-corrected chi connectivity index (χ3v) is 6.13. The van der Waals surface area contributed by atoms with Crippen molar-refractivity contribution in [2.75, 3.05) is 6.54 Å². The third-order valence-electron chi connectivity index (χ3n) is 6.13. The molecule has 0 spiro atoms. The van der Waals surface area contributed by atoms with Gasteiger partial charge in [0.25, 0.3) is 0 Å². The van der Waals surface area contributed by atoms with Gasteiger partial charge in [-0.1, -0.05) is 78.9 Å². The van der Waals surface area contributed by atoms with Crippen molar-refractivity contribution in [2.45, 2.75) is 24.5 Å². The second kappa shape index (κ2) is 6.63. The van der Waals surface area contributed by atoms with E-state index in [1.165, 1.54) is 10.9 Å². The van der Waals surface area contributed by atoms with E-state index in [9.17, 15) is 4.39 Å². The summed E-state index contributed by atoms with van der Waals surface area (Å²) in [5.74, 6) is -0.183. The van der Waals surface area contributed by atoms with Crippen molar-refractivity contribution in [1.29, 1.82) is 0 Å². The van der Waals surface area contributed by atoms with Gasteiger partial charge in [-0.15, -0.1) is 0 Å². The second-order valence-electron chi connectivity index (χ2n) is 7.51. The number of halogens is 1. The first-order chi connectivity index (χ1) is 13.3. The highest BCUT2D eigenvalue weighted by molar-refractivity contribution is 6.60. The lowest BCUT2D eigenvalue weighted by atomic mass is 9.72. The number of hydrogen-bond donors (Lipinski definition) is 1. The van der Waals surface area contributed by atoms with E-state index in [4.69, 9.17) is 4.65 Å². The highest BCUT2D eigenvalue weighted by atomic mass is 19.1. The molecule has 2 heterocycles. The van der Waals surface area contributed by atoms with Crippen LogP contribution in [-0.4, -0.2) is 19.6 Å². The molecule has 2 saturated heterocycles. The van der Waals surface area contributed by atoms with Crippen LogP contribution in [0.15, 0.2) is 84.9 Å². The maximum Gasteiger partial charge on any atom is 0.613 e. The molecule has 0 aliphatic carbocycles. The molecule has 3 aromatic rings. The van der Waals surface area contributed by atoms with Gasteiger partial charge in [-0.3, -0.25) is 0 Å². The zero-order valence-corrected chi connectivity index (χ0v) is 15.1. The van der Waals surface area contributed by atoms with Crippen LogP contribution in [0.5, 0.6) is 0 Å². The zero-order valence-electron chi connectivity index (χ0n) is 15.1. The van der Waals surface area contributed by atoms with E-state index in [1.54, 1.807) is 6.07 Å². The van der Waals surface area contributed by atoms with Gasteiger partial charge in [0.05, 0.1) is 12.0 Å². The van der Waals surface area contributed by atoms with Crippen LogP contribution in [-0.2, 0) is 10.3 Å². The van der Waals surface area contributed by atoms with Gasteiger partial charge >= 0.3 is 7.05 Å². The summed E-state index contributed by atoms with van der Waals surface area (Å²) >= 11 is 0. The van der Waals surface area contributed by atoms with Crippen LogP contribution in [0.25, 0.3) is 0 Å². The van der Waals surface area contributed by atoms with Crippen molar-refractivity contribution in [3.05, 3.63) is 102 Å². The molecule has 3 aromatic carbocycles. The van der Waals surface area contributed by atoms with E-state index in [2.05, 4.69) is 48.5 Å². The summed E-state index contributed by atoms with van der Waals surface area (Å²) < 4.78 is 21.5. The predicted octanol–water partition coefficient (Wildman–Crippen LogP) is 2.54. The molecule has 5 rings (SSSR count). The summed E-state index contributed by atoms with van der Waals surface area (Å²) in [7, 11) is -0.292. The minimum Gasteiger partial charge on any atom is -0.368 e. The van der Waals surface area contributed by atoms with Crippen LogP contribution >= 0.6 is 0 Å². The second-order valence-corrected chi connectivity index (χ2v) is 7.51.